The summed E-state index contributed by atoms with van der Waals surface area (Å²) in [5.41, 5.74) is 4.33. The van der Waals surface area contributed by atoms with Gasteiger partial charge in [-0.25, -0.2) is 14.8 Å². The highest BCUT2D eigenvalue weighted by atomic mass is 32.1. The normalized spacial score (nSPS) is 10.7. The number of pyridine rings is 1. The molecule has 0 atom stereocenters. The van der Waals surface area contributed by atoms with E-state index >= 15 is 0 Å². The molecule has 3 rings (SSSR count). The second-order valence-electron chi connectivity index (χ2n) is 4.11. The zero-order valence-electron chi connectivity index (χ0n) is 10.5. The molecule has 2 aromatic heterocycles. The second-order valence-corrected chi connectivity index (χ2v) is 5.00. The Balaban J connectivity index is 2.11. The van der Waals surface area contributed by atoms with Crippen molar-refractivity contribution in [2.75, 3.05) is 7.11 Å². The summed E-state index contributed by atoms with van der Waals surface area (Å²) in [5.74, 6) is -0.864. The minimum atomic E-state index is -1.11. The van der Waals surface area contributed by atoms with Crippen molar-refractivity contribution in [2.45, 2.75) is 0 Å². The number of nitrogens with zero attached hydrogens (tertiary/aromatic N) is 2. The van der Waals surface area contributed by atoms with Gasteiger partial charge in [0.15, 0.2) is 11.4 Å². The zero-order chi connectivity index (χ0) is 14.1. The van der Waals surface area contributed by atoms with Crippen LogP contribution in [0.4, 0.5) is 0 Å². The van der Waals surface area contributed by atoms with Gasteiger partial charge >= 0.3 is 5.97 Å². The first-order valence-electron chi connectivity index (χ1n) is 5.80. The van der Waals surface area contributed by atoms with E-state index in [1.165, 1.54) is 13.3 Å². The summed E-state index contributed by atoms with van der Waals surface area (Å²) in [7, 11) is 1.43. The summed E-state index contributed by atoms with van der Waals surface area (Å²) >= 11 is 1.58. The third-order valence-electron chi connectivity index (χ3n) is 2.94. The summed E-state index contributed by atoms with van der Waals surface area (Å²) in [5, 5.41) is 9.02. The second kappa shape index (κ2) is 4.90. The summed E-state index contributed by atoms with van der Waals surface area (Å²) in [6.45, 7) is 0. The summed E-state index contributed by atoms with van der Waals surface area (Å²) in [4.78, 5) is 19.2. The van der Waals surface area contributed by atoms with Crippen LogP contribution in [0, 0.1) is 0 Å². The number of hydrogen-bond acceptors (Lipinski definition) is 5. The van der Waals surface area contributed by atoms with Crippen molar-refractivity contribution in [2.24, 2.45) is 0 Å². The van der Waals surface area contributed by atoms with Crippen LogP contribution in [-0.4, -0.2) is 28.2 Å². The van der Waals surface area contributed by atoms with Gasteiger partial charge in [-0.05, 0) is 23.8 Å². The highest BCUT2D eigenvalue weighted by molar-refractivity contribution is 7.16. The van der Waals surface area contributed by atoms with Gasteiger partial charge in [0.25, 0.3) is 0 Å². The van der Waals surface area contributed by atoms with Crippen LogP contribution in [0.5, 0.6) is 5.75 Å². The number of carboxylic acids is 1. The van der Waals surface area contributed by atoms with E-state index in [1.54, 1.807) is 22.9 Å². The molecule has 0 amide bonds. The van der Waals surface area contributed by atoms with Crippen LogP contribution in [-0.2, 0) is 0 Å². The Morgan fingerprint density at radius 1 is 1.25 bits per heavy atom. The molecule has 0 aliphatic heterocycles. The molecule has 0 radical (unpaired) electrons. The molecule has 0 aliphatic rings. The lowest BCUT2D eigenvalue weighted by atomic mass is 10.1. The number of aromatic carboxylic acids is 1. The Morgan fingerprint density at radius 3 is 2.85 bits per heavy atom. The predicted molar refractivity (Wildman–Crippen MR) is 76.4 cm³/mol. The van der Waals surface area contributed by atoms with Crippen molar-refractivity contribution >= 4 is 27.5 Å². The topological polar surface area (TPSA) is 72.3 Å². The van der Waals surface area contributed by atoms with Crippen LogP contribution in [0.3, 0.4) is 0 Å². The number of carboxylic acid groups (broad SMARTS) is 1. The molecule has 0 fully saturated rings. The zero-order valence-corrected chi connectivity index (χ0v) is 11.3. The number of ether oxygens (including phenoxy) is 1. The van der Waals surface area contributed by atoms with Crippen molar-refractivity contribution < 1.29 is 14.6 Å². The Kier molecular flexibility index (Phi) is 3.08. The van der Waals surface area contributed by atoms with Crippen LogP contribution in [0.15, 0.2) is 36.0 Å². The van der Waals surface area contributed by atoms with Gasteiger partial charge in [-0.2, -0.15) is 0 Å². The number of thiazole rings is 1. The van der Waals surface area contributed by atoms with Crippen LogP contribution in [0.2, 0.25) is 0 Å². The molecule has 100 valence electrons. The molecular formula is C14H10N2O3S. The van der Waals surface area contributed by atoms with E-state index in [0.717, 1.165) is 21.3 Å². The number of methoxy groups -OCH3 is 1. The summed E-state index contributed by atoms with van der Waals surface area (Å²) in [6.07, 6.45) is 1.53. The maximum Gasteiger partial charge on any atom is 0.358 e. The van der Waals surface area contributed by atoms with Gasteiger partial charge in [0.1, 0.15) is 0 Å². The molecular weight excluding hydrogens is 276 g/mol. The Bertz CT molecular complexity index is 798. The van der Waals surface area contributed by atoms with E-state index < -0.39 is 5.97 Å². The smallest absolute Gasteiger partial charge is 0.358 e. The lowest BCUT2D eigenvalue weighted by molar-refractivity contribution is 0.0686. The third-order valence-corrected chi connectivity index (χ3v) is 3.75. The van der Waals surface area contributed by atoms with Crippen molar-refractivity contribution in [3.05, 3.63) is 41.7 Å². The largest absolute Gasteiger partial charge is 0.494 e. The maximum absolute atomic E-state index is 11.0. The van der Waals surface area contributed by atoms with Crippen molar-refractivity contribution in [3.8, 4) is 16.9 Å². The highest BCUT2D eigenvalue weighted by Crippen LogP contribution is 2.28. The minimum absolute atomic E-state index is 0.0917. The van der Waals surface area contributed by atoms with Gasteiger partial charge < -0.3 is 9.84 Å². The summed E-state index contributed by atoms with van der Waals surface area (Å²) in [6, 6.07) is 7.56. The van der Waals surface area contributed by atoms with E-state index in [4.69, 9.17) is 9.84 Å². The van der Waals surface area contributed by atoms with E-state index in [-0.39, 0.29) is 11.4 Å². The van der Waals surface area contributed by atoms with E-state index in [2.05, 4.69) is 9.97 Å². The van der Waals surface area contributed by atoms with Gasteiger partial charge in [-0.15, -0.1) is 11.3 Å². The molecule has 5 nitrogen and oxygen atoms in total. The molecule has 3 aromatic rings. The Labute approximate surface area is 118 Å². The molecule has 1 aromatic carbocycles. The molecule has 20 heavy (non-hydrogen) atoms. The monoisotopic (exact) mass is 286 g/mol. The van der Waals surface area contributed by atoms with E-state index in [9.17, 15) is 4.79 Å². The summed E-state index contributed by atoms with van der Waals surface area (Å²) < 4.78 is 6.19. The molecule has 0 saturated carbocycles. The van der Waals surface area contributed by atoms with Gasteiger partial charge in [0.05, 0.1) is 22.8 Å². The first-order chi connectivity index (χ1) is 9.69. The lowest BCUT2D eigenvalue weighted by Crippen LogP contribution is -2.03. The molecule has 0 unspecified atom stereocenters. The molecule has 0 saturated heterocycles. The van der Waals surface area contributed by atoms with Crippen LogP contribution in [0.1, 0.15) is 10.5 Å². The number of rotatable bonds is 3. The molecule has 1 N–H and O–H groups in total. The van der Waals surface area contributed by atoms with Crippen molar-refractivity contribution in [1.82, 2.24) is 9.97 Å². The molecule has 2 heterocycles. The average molecular weight is 286 g/mol. The Morgan fingerprint density at radius 2 is 2.10 bits per heavy atom. The molecule has 6 heteroatoms. The molecule has 0 spiro atoms. The lowest BCUT2D eigenvalue weighted by Gasteiger charge is -2.07. The maximum atomic E-state index is 11.0. The van der Waals surface area contributed by atoms with Gasteiger partial charge in [-0.1, -0.05) is 6.07 Å². The highest BCUT2D eigenvalue weighted by Gasteiger charge is 2.14. The SMILES string of the molecule is COc1cc(-c2ccc3scnc3c2)cnc1C(=O)O. The average Bonchev–Trinajstić information content (AvgIpc) is 2.93. The number of benzene rings is 1. The standard InChI is InChI=1S/C14H10N2O3S/c1-19-11-5-9(6-15-13(11)14(17)18)8-2-3-12-10(4-8)16-7-20-12/h2-7H,1H3,(H,17,18). The number of fused-ring (bicyclic) bond motifs is 1. The van der Waals surface area contributed by atoms with Crippen LogP contribution >= 0.6 is 11.3 Å². The van der Waals surface area contributed by atoms with Crippen LogP contribution < -0.4 is 4.74 Å². The van der Waals surface area contributed by atoms with Crippen molar-refractivity contribution in [1.29, 1.82) is 0 Å². The predicted octanol–water partition coefficient (Wildman–Crippen LogP) is 3.07. The van der Waals surface area contributed by atoms with E-state index in [1.807, 2.05) is 18.2 Å². The molecule has 0 bridgehead atoms. The number of hydrogen-bond donors (Lipinski definition) is 1. The number of aromatic nitrogens is 2. The third kappa shape index (κ3) is 2.10. The first-order valence-corrected chi connectivity index (χ1v) is 6.68. The fourth-order valence-electron chi connectivity index (χ4n) is 1.96. The quantitative estimate of drug-likeness (QED) is 0.801. The Hall–Kier alpha value is -2.47. The van der Waals surface area contributed by atoms with Crippen molar-refractivity contribution in [3.63, 3.8) is 0 Å². The van der Waals surface area contributed by atoms with Gasteiger partial charge in [-0.3, -0.25) is 0 Å². The number of carbonyl (C=O) groups is 1. The molecule has 0 aliphatic carbocycles. The van der Waals surface area contributed by atoms with Gasteiger partial charge in [0.2, 0.25) is 0 Å². The minimum Gasteiger partial charge on any atom is -0.494 e. The van der Waals surface area contributed by atoms with Gasteiger partial charge in [0, 0.05) is 11.8 Å². The first kappa shape index (κ1) is 12.6. The fraction of sp³-hybridized carbons (Fsp3) is 0.0714. The van der Waals surface area contributed by atoms with E-state index in [0.29, 0.717) is 0 Å². The van der Waals surface area contributed by atoms with Crippen LogP contribution in [0.25, 0.3) is 21.3 Å². The fourth-order valence-corrected chi connectivity index (χ4v) is 2.61.